The quantitative estimate of drug-likeness (QED) is 0.726. The number of fused-ring (bicyclic) bond motifs is 1. The molecule has 0 aromatic carbocycles. The zero-order valence-electron chi connectivity index (χ0n) is 7.35. The Labute approximate surface area is 79.2 Å². The van der Waals surface area contributed by atoms with E-state index in [1.54, 1.807) is 6.20 Å². The topological polar surface area (TPSA) is 67.9 Å². The minimum atomic E-state index is 0.528. The summed E-state index contributed by atoms with van der Waals surface area (Å²) in [6, 6.07) is 0. The molecule has 2 N–H and O–H groups in total. The van der Waals surface area contributed by atoms with E-state index in [1.165, 1.54) is 11.3 Å². The van der Waals surface area contributed by atoms with Crippen LogP contribution in [0.3, 0.4) is 0 Å². The molecular formula is C7H9N5S. The van der Waals surface area contributed by atoms with Crippen molar-refractivity contribution in [1.82, 2.24) is 15.0 Å². The Morgan fingerprint density at radius 3 is 2.85 bits per heavy atom. The van der Waals surface area contributed by atoms with Gasteiger partial charge in [-0.3, -0.25) is 0 Å². The summed E-state index contributed by atoms with van der Waals surface area (Å²) in [6.07, 6.45) is 1.69. The second-order valence-electron chi connectivity index (χ2n) is 2.81. The van der Waals surface area contributed by atoms with Crippen LogP contribution in [0.1, 0.15) is 0 Å². The molecule has 6 heteroatoms. The summed E-state index contributed by atoms with van der Waals surface area (Å²) in [6.45, 7) is 0. The molecular weight excluding hydrogens is 186 g/mol. The summed E-state index contributed by atoms with van der Waals surface area (Å²) in [5.74, 6) is 0.677. The van der Waals surface area contributed by atoms with Crippen LogP contribution < -0.4 is 10.6 Å². The van der Waals surface area contributed by atoms with E-state index in [0.717, 1.165) is 10.3 Å². The Hall–Kier alpha value is -1.43. The van der Waals surface area contributed by atoms with Crippen molar-refractivity contribution < 1.29 is 0 Å². The lowest BCUT2D eigenvalue weighted by Crippen LogP contribution is -2.11. The van der Waals surface area contributed by atoms with Crippen molar-refractivity contribution in [3.05, 3.63) is 6.20 Å². The van der Waals surface area contributed by atoms with Crippen LogP contribution in [0.4, 0.5) is 11.1 Å². The molecule has 2 aromatic rings. The molecule has 2 aromatic heterocycles. The summed E-state index contributed by atoms with van der Waals surface area (Å²) >= 11 is 1.37. The van der Waals surface area contributed by atoms with E-state index in [-0.39, 0.29) is 0 Å². The van der Waals surface area contributed by atoms with E-state index in [4.69, 9.17) is 5.73 Å². The first-order valence-electron chi connectivity index (χ1n) is 3.73. The van der Waals surface area contributed by atoms with Crippen molar-refractivity contribution in [2.24, 2.45) is 0 Å². The highest BCUT2D eigenvalue weighted by molar-refractivity contribution is 7.21. The summed E-state index contributed by atoms with van der Waals surface area (Å²) < 4.78 is 0. The van der Waals surface area contributed by atoms with Gasteiger partial charge in [0.15, 0.2) is 9.96 Å². The number of anilines is 2. The number of nitrogen functional groups attached to an aromatic ring is 1. The van der Waals surface area contributed by atoms with Gasteiger partial charge in [0.1, 0.15) is 5.52 Å². The van der Waals surface area contributed by atoms with Crippen molar-refractivity contribution in [3.8, 4) is 0 Å². The largest absolute Gasteiger partial charge is 0.375 e. The highest BCUT2D eigenvalue weighted by Crippen LogP contribution is 2.22. The molecule has 0 bridgehead atoms. The van der Waals surface area contributed by atoms with Gasteiger partial charge in [0.05, 0.1) is 6.20 Å². The second kappa shape index (κ2) is 2.81. The highest BCUT2D eigenvalue weighted by atomic mass is 32.1. The standard InChI is InChI=1S/C7H9N5S/c1-12(2)7-9-3-4-5(11-7)13-6(8)10-4/h3H,1-2H3,(H2,8,10). The molecule has 0 saturated carbocycles. The van der Waals surface area contributed by atoms with E-state index in [2.05, 4.69) is 15.0 Å². The molecule has 0 aliphatic heterocycles. The predicted octanol–water partition coefficient (Wildman–Crippen LogP) is 0.734. The van der Waals surface area contributed by atoms with E-state index >= 15 is 0 Å². The van der Waals surface area contributed by atoms with Crippen molar-refractivity contribution in [2.75, 3.05) is 24.7 Å². The van der Waals surface area contributed by atoms with Gasteiger partial charge in [0.2, 0.25) is 5.95 Å². The van der Waals surface area contributed by atoms with Crippen molar-refractivity contribution in [2.45, 2.75) is 0 Å². The molecule has 0 atom stereocenters. The lowest BCUT2D eigenvalue weighted by molar-refractivity contribution is 1.02. The minimum absolute atomic E-state index is 0.528. The fourth-order valence-electron chi connectivity index (χ4n) is 0.959. The van der Waals surface area contributed by atoms with Crippen LogP contribution >= 0.6 is 11.3 Å². The molecule has 13 heavy (non-hydrogen) atoms. The first-order chi connectivity index (χ1) is 6.16. The van der Waals surface area contributed by atoms with Gasteiger partial charge < -0.3 is 10.6 Å². The van der Waals surface area contributed by atoms with E-state index in [9.17, 15) is 0 Å². The van der Waals surface area contributed by atoms with Crippen LogP contribution in [-0.4, -0.2) is 29.0 Å². The second-order valence-corrected chi connectivity index (χ2v) is 3.82. The van der Waals surface area contributed by atoms with Gasteiger partial charge in [-0.15, -0.1) is 0 Å². The number of aromatic nitrogens is 3. The van der Waals surface area contributed by atoms with Gasteiger partial charge >= 0.3 is 0 Å². The molecule has 0 fully saturated rings. The van der Waals surface area contributed by atoms with E-state index in [1.807, 2.05) is 19.0 Å². The Morgan fingerprint density at radius 2 is 2.15 bits per heavy atom. The molecule has 68 valence electrons. The number of hydrogen-bond donors (Lipinski definition) is 1. The molecule has 0 aliphatic rings. The molecule has 0 aliphatic carbocycles. The SMILES string of the molecule is CN(C)c1ncc2nc(N)sc2n1. The number of thiazole rings is 1. The fourth-order valence-corrected chi connectivity index (χ4v) is 1.63. The zero-order chi connectivity index (χ0) is 9.42. The third kappa shape index (κ3) is 1.40. The van der Waals surface area contributed by atoms with E-state index in [0.29, 0.717) is 11.1 Å². The summed E-state index contributed by atoms with van der Waals surface area (Å²) in [5, 5.41) is 0.528. The summed E-state index contributed by atoms with van der Waals surface area (Å²) in [5.41, 5.74) is 6.30. The highest BCUT2D eigenvalue weighted by Gasteiger charge is 2.05. The third-order valence-electron chi connectivity index (χ3n) is 1.55. The predicted molar refractivity (Wildman–Crippen MR) is 53.9 cm³/mol. The molecule has 0 unspecified atom stereocenters. The van der Waals surface area contributed by atoms with Crippen LogP contribution in [0.25, 0.3) is 10.3 Å². The maximum absolute atomic E-state index is 5.54. The molecule has 2 heterocycles. The van der Waals surface area contributed by atoms with Gasteiger partial charge in [-0.05, 0) is 0 Å². The molecule has 0 amide bonds. The zero-order valence-corrected chi connectivity index (χ0v) is 8.17. The molecule has 0 radical (unpaired) electrons. The molecule has 2 rings (SSSR count). The average Bonchev–Trinajstić information content (AvgIpc) is 2.42. The average molecular weight is 195 g/mol. The Morgan fingerprint density at radius 1 is 1.38 bits per heavy atom. The van der Waals surface area contributed by atoms with Gasteiger partial charge in [-0.1, -0.05) is 11.3 Å². The number of nitrogens with zero attached hydrogens (tertiary/aromatic N) is 4. The van der Waals surface area contributed by atoms with Gasteiger partial charge in [0, 0.05) is 14.1 Å². The molecule has 5 nitrogen and oxygen atoms in total. The smallest absolute Gasteiger partial charge is 0.226 e. The van der Waals surface area contributed by atoms with Gasteiger partial charge in [-0.2, -0.15) is 4.98 Å². The third-order valence-corrected chi connectivity index (χ3v) is 2.35. The van der Waals surface area contributed by atoms with Crippen LogP contribution in [0.15, 0.2) is 6.20 Å². The van der Waals surface area contributed by atoms with Crippen molar-refractivity contribution in [3.63, 3.8) is 0 Å². The maximum atomic E-state index is 5.54. The first kappa shape index (κ1) is 8.18. The first-order valence-corrected chi connectivity index (χ1v) is 4.55. The number of hydrogen-bond acceptors (Lipinski definition) is 6. The Bertz CT molecular complexity index is 435. The van der Waals surface area contributed by atoms with Crippen LogP contribution in [0.2, 0.25) is 0 Å². The summed E-state index contributed by atoms with van der Waals surface area (Å²) in [4.78, 5) is 15.1. The molecule has 0 spiro atoms. The van der Waals surface area contributed by atoms with Gasteiger partial charge in [-0.25, -0.2) is 9.97 Å². The minimum Gasteiger partial charge on any atom is -0.375 e. The van der Waals surface area contributed by atoms with Crippen LogP contribution in [-0.2, 0) is 0 Å². The normalized spacial score (nSPS) is 10.6. The van der Waals surface area contributed by atoms with E-state index < -0.39 is 0 Å². The summed E-state index contributed by atoms with van der Waals surface area (Å²) in [7, 11) is 3.79. The Balaban J connectivity index is 2.61. The maximum Gasteiger partial charge on any atom is 0.226 e. The number of nitrogens with two attached hydrogens (primary N) is 1. The monoisotopic (exact) mass is 195 g/mol. The lowest BCUT2D eigenvalue weighted by atomic mass is 10.6. The van der Waals surface area contributed by atoms with Crippen LogP contribution in [0.5, 0.6) is 0 Å². The van der Waals surface area contributed by atoms with Crippen LogP contribution in [0, 0.1) is 0 Å². The lowest BCUT2D eigenvalue weighted by Gasteiger charge is -2.07. The number of rotatable bonds is 1. The fraction of sp³-hybridized carbons (Fsp3) is 0.286. The van der Waals surface area contributed by atoms with Gasteiger partial charge in [0.25, 0.3) is 0 Å². The van der Waals surface area contributed by atoms with Crippen molar-refractivity contribution in [1.29, 1.82) is 0 Å². The molecule has 0 saturated heterocycles. The Kier molecular flexibility index (Phi) is 1.77. The van der Waals surface area contributed by atoms with Crippen molar-refractivity contribution >= 4 is 32.8 Å².